The summed E-state index contributed by atoms with van der Waals surface area (Å²) < 4.78 is 4.96. The number of carbonyl (C=O) groups is 1. The fourth-order valence-corrected chi connectivity index (χ4v) is 2.30. The molecule has 0 radical (unpaired) electrons. The highest BCUT2D eigenvalue weighted by atomic mass is 32.2. The number of hydrogen-bond acceptors (Lipinski definition) is 4. The molecule has 0 aliphatic carbocycles. The van der Waals surface area contributed by atoms with E-state index in [0.29, 0.717) is 0 Å². The summed E-state index contributed by atoms with van der Waals surface area (Å²) in [5.74, 6) is 0.481. The lowest BCUT2D eigenvalue weighted by Crippen LogP contribution is -2.16. The predicted molar refractivity (Wildman–Crippen MR) is 63.8 cm³/mol. The highest BCUT2D eigenvalue weighted by Gasteiger charge is 2.12. The first-order valence-electron chi connectivity index (χ1n) is 5.26. The maximum atomic E-state index is 10.9. The van der Waals surface area contributed by atoms with Crippen LogP contribution in [0, 0.1) is 0 Å². The van der Waals surface area contributed by atoms with Gasteiger partial charge in [0.1, 0.15) is 0 Å². The summed E-state index contributed by atoms with van der Waals surface area (Å²) in [5.41, 5.74) is 8.12. The largest absolute Gasteiger partial charge is 0.454 e. The van der Waals surface area contributed by atoms with Crippen LogP contribution in [0.1, 0.15) is 26.2 Å². The van der Waals surface area contributed by atoms with E-state index in [1.807, 2.05) is 6.92 Å². The van der Waals surface area contributed by atoms with Crippen molar-refractivity contribution in [2.24, 2.45) is 4.99 Å². The quantitative estimate of drug-likeness (QED) is 0.306. The van der Waals surface area contributed by atoms with Gasteiger partial charge < -0.3 is 10.3 Å². The van der Waals surface area contributed by atoms with Gasteiger partial charge in [-0.25, -0.2) is 4.79 Å². The summed E-state index contributed by atoms with van der Waals surface area (Å²) in [7, 11) is 0. The van der Waals surface area contributed by atoms with Crippen molar-refractivity contribution in [1.29, 1.82) is 0 Å². The van der Waals surface area contributed by atoms with E-state index in [0.717, 1.165) is 37.8 Å². The molecule has 1 heterocycles. The van der Waals surface area contributed by atoms with Crippen molar-refractivity contribution >= 4 is 29.0 Å². The molecule has 0 N–H and O–H groups in total. The zero-order chi connectivity index (χ0) is 11.8. The molecule has 0 saturated carbocycles. The number of hydrogen-bond donors (Lipinski definition) is 0. The summed E-state index contributed by atoms with van der Waals surface area (Å²) in [6.07, 6.45) is 3.31. The van der Waals surface area contributed by atoms with Crippen LogP contribution in [0.4, 0.5) is 0 Å². The summed E-state index contributed by atoms with van der Waals surface area (Å²) in [6.45, 7) is 2.75. The zero-order valence-corrected chi connectivity index (χ0v) is 10.1. The van der Waals surface area contributed by atoms with Gasteiger partial charge in [-0.05, 0) is 26.2 Å². The number of rotatable bonds is 6. The minimum atomic E-state index is -0.609. The van der Waals surface area contributed by atoms with Crippen LogP contribution in [0.3, 0.4) is 0 Å². The fraction of sp³-hybridized carbons (Fsp3) is 0.700. The Morgan fingerprint density at radius 1 is 1.81 bits per heavy atom. The van der Waals surface area contributed by atoms with Crippen LogP contribution in [0.2, 0.25) is 0 Å². The van der Waals surface area contributed by atoms with E-state index in [1.54, 1.807) is 11.8 Å². The van der Waals surface area contributed by atoms with Crippen molar-refractivity contribution in [1.82, 2.24) is 0 Å². The van der Waals surface area contributed by atoms with Crippen molar-refractivity contribution in [3.05, 3.63) is 5.53 Å². The van der Waals surface area contributed by atoms with Gasteiger partial charge in [-0.1, -0.05) is 0 Å². The Kier molecular flexibility index (Phi) is 5.82. The predicted octanol–water partition coefficient (Wildman–Crippen LogP) is 1.53. The van der Waals surface area contributed by atoms with Crippen LogP contribution in [-0.4, -0.2) is 40.4 Å². The zero-order valence-electron chi connectivity index (χ0n) is 9.26. The molecular formula is C10H15N3O2S. The van der Waals surface area contributed by atoms with Gasteiger partial charge in [-0.3, -0.25) is 4.99 Å². The Balaban J connectivity index is 2.12. The van der Waals surface area contributed by atoms with Crippen molar-refractivity contribution in [2.75, 3.05) is 12.3 Å². The van der Waals surface area contributed by atoms with Crippen LogP contribution in [0.15, 0.2) is 4.99 Å². The normalized spacial score (nSPS) is 16.2. The molecule has 0 saturated heterocycles. The second-order valence-electron chi connectivity index (χ2n) is 3.51. The Morgan fingerprint density at radius 3 is 3.25 bits per heavy atom. The maximum Gasteiger partial charge on any atom is 0.413 e. The highest BCUT2D eigenvalue weighted by Crippen LogP contribution is 2.17. The van der Waals surface area contributed by atoms with E-state index in [1.165, 1.54) is 5.04 Å². The lowest BCUT2D eigenvalue weighted by atomic mass is 10.2. The molecule has 0 amide bonds. The average molecular weight is 241 g/mol. The molecule has 0 aromatic rings. The monoisotopic (exact) mass is 241 g/mol. The van der Waals surface area contributed by atoms with E-state index in [-0.39, 0.29) is 6.10 Å². The van der Waals surface area contributed by atoms with Gasteiger partial charge in [0.05, 0.1) is 11.1 Å². The Labute approximate surface area is 98.9 Å². The molecule has 88 valence electrons. The number of nitrogens with zero attached hydrogens (tertiary/aromatic N) is 3. The molecule has 0 aromatic carbocycles. The summed E-state index contributed by atoms with van der Waals surface area (Å²) in [4.78, 5) is 17.9. The molecular weight excluding hydrogens is 226 g/mol. The van der Waals surface area contributed by atoms with Crippen molar-refractivity contribution in [3.8, 4) is 0 Å². The average Bonchev–Trinajstić information content (AvgIpc) is 2.70. The summed E-state index contributed by atoms with van der Waals surface area (Å²) >= 11 is 1.80. The third-order valence-electron chi connectivity index (χ3n) is 2.13. The van der Waals surface area contributed by atoms with Crippen molar-refractivity contribution in [2.45, 2.75) is 32.3 Å². The van der Waals surface area contributed by atoms with Gasteiger partial charge in [-0.2, -0.15) is 4.79 Å². The minimum Gasteiger partial charge on any atom is -0.454 e. The van der Waals surface area contributed by atoms with Crippen molar-refractivity contribution in [3.63, 3.8) is 0 Å². The molecule has 0 unspecified atom stereocenters. The molecule has 1 atom stereocenters. The van der Waals surface area contributed by atoms with Gasteiger partial charge in [0, 0.05) is 12.3 Å². The Morgan fingerprint density at radius 2 is 2.62 bits per heavy atom. The molecule has 0 spiro atoms. The SMILES string of the molecule is C[C@H](CCCC1=NCCS1)OC(=O)C=[N+]=[N-]. The first-order valence-corrected chi connectivity index (χ1v) is 6.25. The molecule has 1 rings (SSSR count). The molecule has 16 heavy (non-hydrogen) atoms. The smallest absolute Gasteiger partial charge is 0.413 e. The van der Waals surface area contributed by atoms with Crippen LogP contribution in [0.5, 0.6) is 0 Å². The molecule has 6 heteroatoms. The number of ether oxygens (including phenoxy) is 1. The highest BCUT2D eigenvalue weighted by molar-refractivity contribution is 8.14. The fourth-order valence-electron chi connectivity index (χ4n) is 1.41. The van der Waals surface area contributed by atoms with Gasteiger partial charge >= 0.3 is 12.2 Å². The third-order valence-corrected chi connectivity index (χ3v) is 3.18. The van der Waals surface area contributed by atoms with E-state index < -0.39 is 5.97 Å². The minimum absolute atomic E-state index is 0.155. The number of thioether (sulfide) groups is 1. The summed E-state index contributed by atoms with van der Waals surface area (Å²) in [6, 6.07) is 0. The van der Waals surface area contributed by atoms with Gasteiger partial charge in [0.25, 0.3) is 0 Å². The molecule has 1 aliphatic rings. The molecule has 5 nitrogen and oxygen atoms in total. The topological polar surface area (TPSA) is 75.1 Å². The molecule has 0 fully saturated rings. The van der Waals surface area contributed by atoms with Gasteiger partial charge in [0.2, 0.25) is 0 Å². The number of carbonyl (C=O) groups excluding carboxylic acids is 1. The van der Waals surface area contributed by atoms with Gasteiger partial charge in [0.15, 0.2) is 0 Å². The Bertz CT molecular complexity index is 324. The third kappa shape index (κ3) is 5.09. The van der Waals surface area contributed by atoms with Crippen LogP contribution in [0.25, 0.3) is 5.53 Å². The number of aliphatic imine (C=N–C) groups is 1. The standard InChI is InChI=1S/C10H15N3O2S/c1-8(15-10(14)7-13-11)3-2-4-9-12-5-6-16-9/h7-8H,2-6H2,1H3/t8-/m1/s1. The second-order valence-corrected chi connectivity index (χ2v) is 4.68. The first-order chi connectivity index (χ1) is 7.72. The molecule has 1 aliphatic heterocycles. The van der Waals surface area contributed by atoms with E-state index in [2.05, 4.69) is 9.78 Å². The number of esters is 1. The van der Waals surface area contributed by atoms with Gasteiger partial charge in [-0.15, -0.1) is 11.8 Å². The lowest BCUT2D eigenvalue weighted by Gasteiger charge is -2.09. The van der Waals surface area contributed by atoms with Crippen LogP contribution < -0.4 is 0 Å². The second kappa shape index (κ2) is 7.19. The van der Waals surface area contributed by atoms with E-state index >= 15 is 0 Å². The maximum absolute atomic E-state index is 10.9. The lowest BCUT2D eigenvalue weighted by molar-refractivity contribution is -0.143. The molecule has 0 bridgehead atoms. The van der Waals surface area contributed by atoms with Crippen LogP contribution in [-0.2, 0) is 9.53 Å². The summed E-state index contributed by atoms with van der Waals surface area (Å²) in [5, 5.41) is 1.20. The van der Waals surface area contributed by atoms with E-state index in [9.17, 15) is 4.79 Å². The van der Waals surface area contributed by atoms with Crippen LogP contribution >= 0.6 is 11.8 Å². The molecule has 0 aromatic heterocycles. The van der Waals surface area contributed by atoms with Crippen molar-refractivity contribution < 1.29 is 14.3 Å². The van der Waals surface area contributed by atoms with E-state index in [4.69, 9.17) is 10.3 Å². The first kappa shape index (κ1) is 12.9. The Hall–Kier alpha value is -1.13.